The van der Waals surface area contributed by atoms with Crippen molar-refractivity contribution in [2.75, 3.05) is 0 Å². The molecule has 0 spiro atoms. The predicted octanol–water partition coefficient (Wildman–Crippen LogP) is 2.36. The molecule has 14 heavy (non-hydrogen) atoms. The number of unbranched alkanes of at least 4 members (excludes halogenated alkanes) is 4. The quantitative estimate of drug-likeness (QED) is 0.487. The minimum Gasteiger partial charge on any atom is -0.237 e. The van der Waals surface area contributed by atoms with Crippen LogP contribution in [0.1, 0.15) is 44.9 Å². The molecule has 0 aliphatic rings. The van der Waals surface area contributed by atoms with Crippen molar-refractivity contribution in [1.29, 1.82) is 0 Å². The number of imidazole rings is 1. The van der Waals surface area contributed by atoms with Gasteiger partial charge in [0.1, 0.15) is 12.4 Å². The first kappa shape index (κ1) is 11.3. The van der Waals surface area contributed by atoms with Crippen molar-refractivity contribution in [3.63, 3.8) is 0 Å². The molecule has 0 atom stereocenters. The molecule has 1 rings (SSSR count). The number of hydrogen-bond acceptors (Lipinski definition) is 0. The van der Waals surface area contributed by atoms with Gasteiger partial charge in [0.2, 0.25) is 0 Å². The maximum atomic E-state index is 2.26. The van der Waals surface area contributed by atoms with Gasteiger partial charge in [-0.15, -0.1) is 0 Å². The van der Waals surface area contributed by atoms with E-state index in [2.05, 4.69) is 42.5 Å². The third-order valence-electron chi connectivity index (χ3n) is 2.83. The fraction of sp³-hybridized carbons (Fsp3) is 0.750. The molecule has 0 amide bonds. The van der Waals surface area contributed by atoms with Crippen molar-refractivity contribution in [2.45, 2.75) is 45.4 Å². The molecule has 0 saturated carbocycles. The molecular weight excluding hydrogens is 172 g/mol. The van der Waals surface area contributed by atoms with E-state index < -0.39 is 0 Å². The highest BCUT2D eigenvalue weighted by Crippen LogP contribution is 2.05. The summed E-state index contributed by atoms with van der Waals surface area (Å²) in [6, 6.07) is 0. The number of rotatable bonds is 6. The standard InChI is InChI=1S/C12H23N2/c1-4-5-6-7-8-9-12-13(2)10-11-14(12)3/h10-11H,4-9H2,1-3H3/q+1. The van der Waals surface area contributed by atoms with Crippen LogP contribution in [0.3, 0.4) is 0 Å². The van der Waals surface area contributed by atoms with E-state index in [4.69, 9.17) is 0 Å². The molecule has 0 saturated heterocycles. The zero-order valence-electron chi connectivity index (χ0n) is 9.79. The summed E-state index contributed by atoms with van der Waals surface area (Å²) in [7, 11) is 4.25. The summed E-state index contributed by atoms with van der Waals surface area (Å²) in [4.78, 5) is 0. The lowest BCUT2D eigenvalue weighted by atomic mass is 10.1. The number of hydrogen-bond donors (Lipinski definition) is 0. The summed E-state index contributed by atoms with van der Waals surface area (Å²) in [5, 5.41) is 0. The molecule has 1 heterocycles. The predicted molar refractivity (Wildman–Crippen MR) is 59.1 cm³/mol. The van der Waals surface area contributed by atoms with E-state index in [1.165, 1.54) is 44.3 Å². The van der Waals surface area contributed by atoms with Gasteiger partial charge in [-0.25, -0.2) is 9.13 Å². The van der Waals surface area contributed by atoms with Gasteiger partial charge in [0, 0.05) is 6.42 Å². The van der Waals surface area contributed by atoms with E-state index in [0.29, 0.717) is 0 Å². The van der Waals surface area contributed by atoms with E-state index in [1.807, 2.05) is 0 Å². The topological polar surface area (TPSA) is 8.81 Å². The van der Waals surface area contributed by atoms with E-state index in [1.54, 1.807) is 0 Å². The zero-order chi connectivity index (χ0) is 10.4. The van der Waals surface area contributed by atoms with E-state index in [-0.39, 0.29) is 0 Å². The average Bonchev–Trinajstić information content (AvgIpc) is 2.48. The minimum absolute atomic E-state index is 1.21. The van der Waals surface area contributed by atoms with Crippen LogP contribution in [0.15, 0.2) is 12.4 Å². The van der Waals surface area contributed by atoms with E-state index in [9.17, 15) is 0 Å². The maximum Gasteiger partial charge on any atom is 0.255 e. The second-order valence-electron chi connectivity index (χ2n) is 4.10. The van der Waals surface area contributed by atoms with Crippen molar-refractivity contribution in [3.05, 3.63) is 18.2 Å². The van der Waals surface area contributed by atoms with Crippen molar-refractivity contribution in [3.8, 4) is 0 Å². The smallest absolute Gasteiger partial charge is 0.237 e. The Hall–Kier alpha value is -0.790. The summed E-state index contributed by atoms with van der Waals surface area (Å²) < 4.78 is 4.44. The van der Waals surface area contributed by atoms with Gasteiger partial charge in [-0.2, -0.15) is 0 Å². The van der Waals surface area contributed by atoms with Crippen LogP contribution in [0.25, 0.3) is 0 Å². The summed E-state index contributed by atoms with van der Waals surface area (Å²) in [6.45, 7) is 2.26. The Kier molecular flexibility index (Phi) is 4.71. The normalized spacial score (nSPS) is 10.8. The van der Waals surface area contributed by atoms with Crippen LogP contribution < -0.4 is 4.57 Å². The Bertz CT molecular complexity index is 244. The molecule has 80 valence electrons. The largest absolute Gasteiger partial charge is 0.255 e. The second kappa shape index (κ2) is 5.84. The average molecular weight is 195 g/mol. The highest BCUT2D eigenvalue weighted by Gasteiger charge is 2.09. The summed E-state index contributed by atoms with van der Waals surface area (Å²) in [5.74, 6) is 1.43. The molecule has 0 radical (unpaired) electrons. The lowest BCUT2D eigenvalue weighted by Crippen LogP contribution is -2.31. The molecule has 1 aromatic heterocycles. The van der Waals surface area contributed by atoms with E-state index in [0.717, 1.165) is 0 Å². The van der Waals surface area contributed by atoms with Crippen molar-refractivity contribution in [2.24, 2.45) is 14.1 Å². The summed E-state index contributed by atoms with van der Waals surface area (Å²) >= 11 is 0. The van der Waals surface area contributed by atoms with Crippen LogP contribution in [-0.4, -0.2) is 4.57 Å². The minimum atomic E-state index is 1.21. The monoisotopic (exact) mass is 195 g/mol. The van der Waals surface area contributed by atoms with Gasteiger partial charge >= 0.3 is 0 Å². The molecule has 0 aromatic carbocycles. The molecule has 0 aliphatic heterocycles. The van der Waals surface area contributed by atoms with Crippen molar-refractivity contribution < 1.29 is 4.57 Å². The van der Waals surface area contributed by atoms with E-state index >= 15 is 0 Å². The molecule has 0 bridgehead atoms. The fourth-order valence-corrected chi connectivity index (χ4v) is 1.86. The lowest BCUT2D eigenvalue weighted by molar-refractivity contribution is -0.678. The van der Waals surface area contributed by atoms with Crippen LogP contribution >= 0.6 is 0 Å². The lowest BCUT2D eigenvalue weighted by Gasteiger charge is -1.99. The molecule has 0 unspecified atom stereocenters. The first-order valence-corrected chi connectivity index (χ1v) is 5.75. The zero-order valence-corrected chi connectivity index (χ0v) is 9.79. The van der Waals surface area contributed by atoms with Gasteiger partial charge in [0.25, 0.3) is 5.82 Å². The maximum absolute atomic E-state index is 2.26. The Morgan fingerprint density at radius 3 is 2.50 bits per heavy atom. The Morgan fingerprint density at radius 2 is 1.93 bits per heavy atom. The molecular formula is C12H23N2+. The first-order chi connectivity index (χ1) is 6.75. The van der Waals surface area contributed by atoms with Gasteiger partial charge < -0.3 is 0 Å². The Balaban J connectivity index is 2.24. The number of aryl methyl sites for hydroxylation is 2. The molecule has 1 aromatic rings. The van der Waals surface area contributed by atoms with Crippen LogP contribution in [-0.2, 0) is 20.5 Å². The van der Waals surface area contributed by atoms with Gasteiger partial charge in [-0.3, -0.25) is 0 Å². The first-order valence-electron chi connectivity index (χ1n) is 5.75. The number of nitrogens with zero attached hydrogens (tertiary/aromatic N) is 2. The van der Waals surface area contributed by atoms with Crippen molar-refractivity contribution in [1.82, 2.24) is 4.57 Å². The molecule has 0 fully saturated rings. The third kappa shape index (κ3) is 3.17. The molecule has 2 heteroatoms. The highest BCUT2D eigenvalue weighted by atomic mass is 15.1. The molecule has 0 aliphatic carbocycles. The third-order valence-corrected chi connectivity index (χ3v) is 2.83. The Labute approximate surface area is 87.6 Å². The van der Waals surface area contributed by atoms with Gasteiger partial charge in [-0.05, 0) is 6.42 Å². The van der Waals surface area contributed by atoms with Crippen LogP contribution in [0, 0.1) is 0 Å². The summed E-state index contributed by atoms with van der Waals surface area (Å²) in [5.41, 5.74) is 0. The Morgan fingerprint density at radius 1 is 1.21 bits per heavy atom. The number of aromatic nitrogens is 2. The van der Waals surface area contributed by atoms with Crippen molar-refractivity contribution >= 4 is 0 Å². The van der Waals surface area contributed by atoms with Crippen LogP contribution in [0.2, 0.25) is 0 Å². The van der Waals surface area contributed by atoms with Crippen LogP contribution in [0.5, 0.6) is 0 Å². The summed E-state index contributed by atoms with van der Waals surface area (Å²) in [6.07, 6.45) is 12.3. The van der Waals surface area contributed by atoms with Gasteiger partial charge in [0.05, 0.1) is 14.1 Å². The second-order valence-corrected chi connectivity index (χ2v) is 4.10. The van der Waals surface area contributed by atoms with Gasteiger partial charge in [-0.1, -0.05) is 32.6 Å². The SMILES string of the molecule is CCCCCCCc1n(C)cc[n+]1C. The molecule has 0 N–H and O–H groups in total. The fourth-order valence-electron chi connectivity index (χ4n) is 1.86. The van der Waals surface area contributed by atoms with Crippen LogP contribution in [0.4, 0.5) is 0 Å². The highest BCUT2D eigenvalue weighted by molar-refractivity contribution is 4.81. The van der Waals surface area contributed by atoms with Gasteiger partial charge in [0.15, 0.2) is 0 Å². The molecule has 2 nitrogen and oxygen atoms in total.